The van der Waals surface area contributed by atoms with Gasteiger partial charge < -0.3 is 9.73 Å². The summed E-state index contributed by atoms with van der Waals surface area (Å²) in [6.07, 6.45) is 0. The lowest BCUT2D eigenvalue weighted by Crippen LogP contribution is -2.04. The average Bonchev–Trinajstić information content (AvgIpc) is 2.39. The fourth-order valence-corrected chi connectivity index (χ4v) is 2.31. The number of rotatable bonds is 2. The maximum Gasteiger partial charge on any atom is 0.348 e. The van der Waals surface area contributed by atoms with Gasteiger partial charge in [-0.05, 0) is 52.9 Å². The van der Waals surface area contributed by atoms with Gasteiger partial charge >= 0.3 is 11.6 Å². The quantitative estimate of drug-likeness (QED) is 0.707. The van der Waals surface area contributed by atoms with E-state index in [1.807, 2.05) is 30.3 Å². The summed E-state index contributed by atoms with van der Waals surface area (Å²) in [6, 6.07) is 15.0. The zero-order chi connectivity index (χ0) is 13.2. The van der Waals surface area contributed by atoms with E-state index in [0.29, 0.717) is 10.9 Å². The van der Waals surface area contributed by atoms with Crippen molar-refractivity contribution in [3.8, 4) is 0 Å². The Morgan fingerprint density at radius 2 is 1.95 bits per heavy atom. The molecule has 2 aromatic carbocycles. The number of fused-ring (bicyclic) bond motifs is 1. The minimum absolute atomic E-state index is 0.200. The van der Waals surface area contributed by atoms with Gasteiger partial charge in [-0.1, -0.05) is 18.2 Å². The fourth-order valence-electron chi connectivity index (χ4n) is 1.76. The Bertz CT molecular complexity index is 799. The number of nitrogens with one attached hydrogen (secondary N) is 1. The molecule has 0 aliphatic heterocycles. The van der Waals surface area contributed by atoms with E-state index in [1.165, 1.54) is 0 Å². The summed E-state index contributed by atoms with van der Waals surface area (Å²) in [5.41, 5.74) is 1.06. The second kappa shape index (κ2) is 5.00. The molecule has 5 heteroatoms. The lowest BCUT2D eigenvalue weighted by Gasteiger charge is -2.05. The Morgan fingerprint density at radius 1 is 1.11 bits per heavy atom. The number of nitrogens with zero attached hydrogens (tertiary/aromatic N) is 1. The third-order valence-electron chi connectivity index (χ3n) is 2.61. The number of hydrogen-bond acceptors (Lipinski definition) is 4. The predicted octanol–water partition coefficient (Wildman–Crippen LogP) is 3.54. The first-order valence-electron chi connectivity index (χ1n) is 5.65. The van der Waals surface area contributed by atoms with Crippen LogP contribution in [-0.4, -0.2) is 4.98 Å². The van der Waals surface area contributed by atoms with Gasteiger partial charge in [-0.15, -0.1) is 0 Å². The van der Waals surface area contributed by atoms with E-state index in [0.717, 1.165) is 9.26 Å². The first kappa shape index (κ1) is 12.2. The zero-order valence-electron chi connectivity index (χ0n) is 9.76. The molecule has 4 nitrogen and oxygen atoms in total. The minimum atomic E-state index is -0.390. The van der Waals surface area contributed by atoms with Crippen LogP contribution < -0.4 is 10.9 Å². The van der Waals surface area contributed by atoms with Crippen LogP contribution in [0.15, 0.2) is 57.7 Å². The minimum Gasteiger partial charge on any atom is -0.388 e. The van der Waals surface area contributed by atoms with Crippen LogP contribution >= 0.6 is 22.6 Å². The number of anilines is 2. The normalized spacial score (nSPS) is 10.6. The molecule has 0 aliphatic rings. The lowest BCUT2D eigenvalue weighted by atomic mass is 10.2. The highest BCUT2D eigenvalue weighted by Gasteiger charge is 2.05. The Balaban J connectivity index is 2.04. The largest absolute Gasteiger partial charge is 0.388 e. The molecular weight excluding hydrogens is 355 g/mol. The van der Waals surface area contributed by atoms with Gasteiger partial charge in [0.15, 0.2) is 0 Å². The third kappa shape index (κ3) is 2.60. The van der Waals surface area contributed by atoms with Gasteiger partial charge in [-0.25, -0.2) is 4.79 Å². The number of hydrogen-bond donors (Lipinski definition) is 1. The SMILES string of the molecule is O=c1oc(Nc2cccc(I)c2)nc2ccccc12. The number of halogens is 1. The van der Waals surface area contributed by atoms with Crippen molar-refractivity contribution in [1.82, 2.24) is 4.98 Å². The van der Waals surface area contributed by atoms with Gasteiger partial charge in [0, 0.05) is 9.26 Å². The molecule has 0 atom stereocenters. The molecule has 0 amide bonds. The van der Waals surface area contributed by atoms with E-state index in [9.17, 15) is 4.79 Å². The molecule has 1 N–H and O–H groups in total. The molecule has 3 rings (SSSR count). The Kier molecular flexibility index (Phi) is 3.20. The van der Waals surface area contributed by atoms with Gasteiger partial charge in [0.25, 0.3) is 0 Å². The van der Waals surface area contributed by atoms with Crippen molar-refractivity contribution in [3.05, 3.63) is 62.5 Å². The Labute approximate surface area is 122 Å². The van der Waals surface area contributed by atoms with Crippen molar-refractivity contribution < 1.29 is 4.42 Å². The highest BCUT2D eigenvalue weighted by molar-refractivity contribution is 14.1. The van der Waals surface area contributed by atoms with Crippen LogP contribution in [0.2, 0.25) is 0 Å². The molecule has 0 fully saturated rings. The predicted molar refractivity (Wildman–Crippen MR) is 82.7 cm³/mol. The van der Waals surface area contributed by atoms with Crippen LogP contribution in [0.3, 0.4) is 0 Å². The Hall–Kier alpha value is -1.89. The Morgan fingerprint density at radius 3 is 2.79 bits per heavy atom. The highest BCUT2D eigenvalue weighted by Crippen LogP contribution is 2.18. The smallest absolute Gasteiger partial charge is 0.348 e. The van der Waals surface area contributed by atoms with Crippen molar-refractivity contribution in [3.63, 3.8) is 0 Å². The number of para-hydroxylation sites is 1. The molecule has 0 radical (unpaired) electrons. The van der Waals surface area contributed by atoms with Crippen LogP contribution in [0.1, 0.15) is 0 Å². The topological polar surface area (TPSA) is 55.1 Å². The van der Waals surface area contributed by atoms with Crippen molar-refractivity contribution in [2.24, 2.45) is 0 Å². The van der Waals surface area contributed by atoms with E-state index in [2.05, 4.69) is 32.9 Å². The third-order valence-corrected chi connectivity index (χ3v) is 3.28. The van der Waals surface area contributed by atoms with Crippen LogP contribution in [0.5, 0.6) is 0 Å². The van der Waals surface area contributed by atoms with Crippen molar-refractivity contribution >= 4 is 45.2 Å². The molecule has 0 unspecified atom stereocenters. The first-order chi connectivity index (χ1) is 9.22. The second-order valence-electron chi connectivity index (χ2n) is 3.96. The van der Waals surface area contributed by atoms with E-state index in [1.54, 1.807) is 18.2 Å². The van der Waals surface area contributed by atoms with E-state index in [-0.39, 0.29) is 6.01 Å². The monoisotopic (exact) mass is 364 g/mol. The van der Waals surface area contributed by atoms with Gasteiger partial charge in [0.2, 0.25) is 0 Å². The van der Waals surface area contributed by atoms with Gasteiger partial charge in [-0.2, -0.15) is 4.98 Å². The molecular formula is C14H9IN2O2. The molecule has 0 bridgehead atoms. The standard InChI is InChI=1S/C14H9IN2O2/c15-9-4-3-5-10(8-9)16-14-17-12-7-2-1-6-11(12)13(18)19-14/h1-8H,(H,16,17). The molecule has 1 aromatic heterocycles. The summed E-state index contributed by atoms with van der Waals surface area (Å²) < 4.78 is 6.24. The molecule has 19 heavy (non-hydrogen) atoms. The molecule has 94 valence electrons. The van der Waals surface area contributed by atoms with Crippen LogP contribution in [-0.2, 0) is 0 Å². The molecule has 3 aromatic rings. The van der Waals surface area contributed by atoms with Crippen LogP contribution in [0, 0.1) is 3.57 Å². The summed E-state index contributed by atoms with van der Waals surface area (Å²) in [6.45, 7) is 0. The summed E-state index contributed by atoms with van der Waals surface area (Å²) in [5, 5.41) is 3.48. The lowest BCUT2D eigenvalue weighted by molar-refractivity contribution is 0.522. The zero-order valence-corrected chi connectivity index (χ0v) is 11.9. The van der Waals surface area contributed by atoms with Crippen molar-refractivity contribution in [2.75, 3.05) is 5.32 Å². The van der Waals surface area contributed by atoms with Crippen LogP contribution in [0.25, 0.3) is 10.9 Å². The van der Waals surface area contributed by atoms with Gasteiger partial charge in [-0.3, -0.25) is 0 Å². The second-order valence-corrected chi connectivity index (χ2v) is 5.20. The first-order valence-corrected chi connectivity index (χ1v) is 6.73. The maximum absolute atomic E-state index is 11.8. The van der Waals surface area contributed by atoms with Crippen LogP contribution in [0.4, 0.5) is 11.7 Å². The van der Waals surface area contributed by atoms with E-state index in [4.69, 9.17) is 4.42 Å². The summed E-state index contributed by atoms with van der Waals surface area (Å²) in [4.78, 5) is 16.1. The maximum atomic E-state index is 11.8. The molecule has 0 saturated carbocycles. The van der Waals surface area contributed by atoms with Gasteiger partial charge in [0.1, 0.15) is 0 Å². The highest BCUT2D eigenvalue weighted by atomic mass is 127. The molecule has 0 aliphatic carbocycles. The van der Waals surface area contributed by atoms with Gasteiger partial charge in [0.05, 0.1) is 10.9 Å². The average molecular weight is 364 g/mol. The molecule has 1 heterocycles. The van der Waals surface area contributed by atoms with E-state index >= 15 is 0 Å². The summed E-state index contributed by atoms with van der Waals surface area (Å²) >= 11 is 2.22. The molecule has 0 spiro atoms. The summed E-state index contributed by atoms with van der Waals surface area (Å²) in [5.74, 6) is 0. The van der Waals surface area contributed by atoms with Crippen molar-refractivity contribution in [1.29, 1.82) is 0 Å². The fraction of sp³-hybridized carbons (Fsp3) is 0. The number of benzene rings is 2. The summed E-state index contributed by atoms with van der Waals surface area (Å²) in [7, 11) is 0. The van der Waals surface area contributed by atoms with Crippen molar-refractivity contribution in [2.45, 2.75) is 0 Å². The molecule has 0 saturated heterocycles. The van der Waals surface area contributed by atoms with E-state index < -0.39 is 5.63 Å². The number of aromatic nitrogens is 1.